The average molecular weight is 530 g/mol. The summed E-state index contributed by atoms with van der Waals surface area (Å²) in [5.74, 6) is 2.24. The predicted octanol–water partition coefficient (Wildman–Crippen LogP) is 6.68. The molecule has 0 saturated carbocycles. The van der Waals surface area contributed by atoms with E-state index >= 15 is 0 Å². The van der Waals surface area contributed by atoms with Crippen LogP contribution in [0.5, 0.6) is 17.2 Å². The maximum Gasteiger partial charge on any atom is 0.290 e. The van der Waals surface area contributed by atoms with E-state index in [4.69, 9.17) is 14.2 Å². The zero-order valence-electron chi connectivity index (χ0n) is 22.1. The maximum absolute atomic E-state index is 11.8. The fourth-order valence-electron chi connectivity index (χ4n) is 4.80. The lowest BCUT2D eigenvalue weighted by Gasteiger charge is -2.38. The summed E-state index contributed by atoms with van der Waals surface area (Å²) < 4.78 is 19.0. The first-order valence-electron chi connectivity index (χ1n) is 12.7. The second kappa shape index (κ2) is 10.6. The minimum atomic E-state index is -0.470. The quantitative estimate of drug-likeness (QED) is 0.344. The number of imide groups is 1. The molecule has 0 aliphatic carbocycles. The van der Waals surface area contributed by atoms with Crippen molar-refractivity contribution in [1.82, 2.24) is 5.32 Å². The van der Waals surface area contributed by atoms with Gasteiger partial charge in [-0.3, -0.25) is 14.9 Å². The third-order valence-corrected chi connectivity index (χ3v) is 7.96. The van der Waals surface area contributed by atoms with Gasteiger partial charge in [-0.05, 0) is 98.3 Å². The van der Waals surface area contributed by atoms with Crippen molar-refractivity contribution in [1.29, 1.82) is 0 Å². The van der Waals surface area contributed by atoms with Gasteiger partial charge in [-0.15, -0.1) is 0 Å². The third-order valence-electron chi connectivity index (χ3n) is 7.15. The van der Waals surface area contributed by atoms with Crippen molar-refractivity contribution < 1.29 is 23.8 Å². The summed E-state index contributed by atoms with van der Waals surface area (Å²) in [6, 6.07) is 17.7. The molecule has 0 radical (unpaired) electrons. The number of hydrogen-bond acceptors (Lipinski definition) is 6. The summed E-state index contributed by atoms with van der Waals surface area (Å²) in [6.07, 6.45) is 3.41. The van der Waals surface area contributed by atoms with E-state index in [0.717, 1.165) is 69.7 Å². The number of amides is 2. The fraction of sp³-hybridized carbons (Fsp3) is 0.290. The Morgan fingerprint density at radius 3 is 2.39 bits per heavy atom. The predicted molar refractivity (Wildman–Crippen MR) is 150 cm³/mol. The first-order valence-corrected chi connectivity index (χ1v) is 13.5. The van der Waals surface area contributed by atoms with Crippen LogP contribution in [0.4, 0.5) is 4.79 Å². The van der Waals surface area contributed by atoms with Crippen molar-refractivity contribution >= 4 is 29.0 Å². The third kappa shape index (κ3) is 5.43. The Balaban J connectivity index is 1.26. The molecular formula is C31H31NO5S. The lowest BCUT2D eigenvalue weighted by molar-refractivity contribution is -0.115. The highest BCUT2D eigenvalue weighted by Crippen LogP contribution is 2.44. The molecule has 2 amide bonds. The molecule has 1 unspecified atom stereocenters. The van der Waals surface area contributed by atoms with Gasteiger partial charge in [0, 0.05) is 5.56 Å². The highest BCUT2D eigenvalue weighted by atomic mass is 32.2. The standard InChI is InChI=1S/C31H31NO5S/c1-19-20(2)28-25(21(3)27(19)35-17-23-8-6-5-7-9-23)14-15-31(4,37-28)18-36-24-12-10-22(11-13-24)16-26-29(33)32-30(34)38-26/h5-13,16H,14-15,17-18H2,1-4H3,(H,32,33,34)/b26-16+. The van der Waals surface area contributed by atoms with E-state index in [2.05, 4.69) is 45.1 Å². The molecule has 3 aromatic rings. The zero-order chi connectivity index (χ0) is 26.9. The van der Waals surface area contributed by atoms with E-state index in [9.17, 15) is 9.59 Å². The van der Waals surface area contributed by atoms with Gasteiger partial charge in [-0.1, -0.05) is 42.5 Å². The van der Waals surface area contributed by atoms with Crippen molar-refractivity contribution in [3.05, 3.63) is 92.9 Å². The molecule has 1 N–H and O–H groups in total. The van der Waals surface area contributed by atoms with Gasteiger partial charge in [-0.2, -0.15) is 0 Å². The maximum atomic E-state index is 11.8. The lowest BCUT2D eigenvalue weighted by Crippen LogP contribution is -2.42. The Morgan fingerprint density at radius 2 is 1.71 bits per heavy atom. The van der Waals surface area contributed by atoms with Crippen LogP contribution in [0.2, 0.25) is 0 Å². The SMILES string of the molecule is Cc1c(C)c2c(c(C)c1OCc1ccccc1)CCC(C)(COc1ccc(/C=C3/SC(=O)NC3=O)cc1)O2. The lowest BCUT2D eigenvalue weighted by atomic mass is 9.87. The van der Waals surface area contributed by atoms with Gasteiger partial charge in [0.25, 0.3) is 11.1 Å². The van der Waals surface area contributed by atoms with Crippen LogP contribution in [0, 0.1) is 20.8 Å². The van der Waals surface area contributed by atoms with Gasteiger partial charge >= 0.3 is 0 Å². The van der Waals surface area contributed by atoms with E-state index in [1.165, 1.54) is 5.56 Å². The molecule has 1 saturated heterocycles. The number of carbonyl (C=O) groups is 2. The van der Waals surface area contributed by atoms with Crippen molar-refractivity contribution in [2.45, 2.75) is 52.7 Å². The number of hydrogen-bond donors (Lipinski definition) is 1. The number of nitrogens with one attached hydrogen (secondary N) is 1. The highest BCUT2D eigenvalue weighted by Gasteiger charge is 2.35. The number of thioether (sulfide) groups is 1. The number of rotatable bonds is 7. The Labute approximate surface area is 227 Å². The minimum Gasteiger partial charge on any atom is -0.489 e. The van der Waals surface area contributed by atoms with Crippen LogP contribution in [0.15, 0.2) is 59.5 Å². The minimum absolute atomic E-state index is 0.347. The average Bonchev–Trinajstić information content (AvgIpc) is 3.23. The van der Waals surface area contributed by atoms with Gasteiger partial charge in [-0.25, -0.2) is 0 Å². The molecule has 38 heavy (non-hydrogen) atoms. The molecule has 2 aliphatic heterocycles. The van der Waals surface area contributed by atoms with Gasteiger partial charge in [0.15, 0.2) is 0 Å². The summed E-state index contributed by atoms with van der Waals surface area (Å²) in [4.78, 5) is 23.5. The highest BCUT2D eigenvalue weighted by molar-refractivity contribution is 8.18. The van der Waals surface area contributed by atoms with Gasteiger partial charge < -0.3 is 14.2 Å². The zero-order valence-corrected chi connectivity index (χ0v) is 22.9. The van der Waals surface area contributed by atoms with Crippen LogP contribution in [-0.4, -0.2) is 23.4 Å². The first kappa shape index (κ1) is 25.9. The number of carbonyl (C=O) groups excluding carboxylic acids is 2. The smallest absolute Gasteiger partial charge is 0.290 e. The molecule has 0 bridgehead atoms. The molecule has 1 atom stereocenters. The summed E-state index contributed by atoms with van der Waals surface area (Å²) in [7, 11) is 0. The second-order valence-corrected chi connectivity index (χ2v) is 11.1. The van der Waals surface area contributed by atoms with E-state index in [1.807, 2.05) is 42.5 Å². The molecule has 1 fully saturated rings. The monoisotopic (exact) mass is 529 g/mol. The molecule has 0 aromatic heterocycles. The Kier molecular flexibility index (Phi) is 7.21. The Morgan fingerprint density at radius 1 is 0.974 bits per heavy atom. The number of ether oxygens (including phenoxy) is 3. The molecule has 3 aromatic carbocycles. The van der Waals surface area contributed by atoms with Crippen molar-refractivity contribution in [2.24, 2.45) is 0 Å². The van der Waals surface area contributed by atoms with Crippen LogP contribution in [0.25, 0.3) is 6.08 Å². The van der Waals surface area contributed by atoms with Crippen molar-refractivity contribution in [3.8, 4) is 17.2 Å². The Hall–Kier alpha value is -3.71. The van der Waals surface area contributed by atoms with Crippen LogP contribution in [0.3, 0.4) is 0 Å². The molecule has 7 heteroatoms. The molecule has 5 rings (SSSR count). The Bertz CT molecular complexity index is 1410. The molecule has 196 valence electrons. The summed E-state index contributed by atoms with van der Waals surface area (Å²) in [6.45, 7) is 9.34. The number of benzene rings is 3. The molecular weight excluding hydrogens is 498 g/mol. The van der Waals surface area contributed by atoms with Gasteiger partial charge in [0.05, 0.1) is 4.91 Å². The second-order valence-electron chi connectivity index (χ2n) is 10.0. The molecule has 2 aliphatic rings. The summed E-state index contributed by atoms with van der Waals surface area (Å²) in [5.41, 5.74) is 6.05. The molecule has 0 spiro atoms. The molecule has 6 nitrogen and oxygen atoms in total. The topological polar surface area (TPSA) is 73.9 Å². The first-order chi connectivity index (χ1) is 18.2. The summed E-state index contributed by atoms with van der Waals surface area (Å²) in [5, 5.41) is 1.92. The number of fused-ring (bicyclic) bond motifs is 1. The molecule has 2 heterocycles. The largest absolute Gasteiger partial charge is 0.489 e. The van der Waals surface area contributed by atoms with E-state index in [1.54, 1.807) is 6.08 Å². The van der Waals surface area contributed by atoms with Crippen LogP contribution in [0.1, 0.15) is 46.7 Å². The normalized spacial score (nSPS) is 19.6. The van der Waals surface area contributed by atoms with Crippen LogP contribution in [-0.2, 0) is 17.8 Å². The van der Waals surface area contributed by atoms with E-state index in [0.29, 0.717) is 18.1 Å². The van der Waals surface area contributed by atoms with E-state index < -0.39 is 5.60 Å². The van der Waals surface area contributed by atoms with Crippen molar-refractivity contribution in [2.75, 3.05) is 6.61 Å². The fourth-order valence-corrected chi connectivity index (χ4v) is 5.48. The van der Waals surface area contributed by atoms with Crippen molar-refractivity contribution in [3.63, 3.8) is 0 Å². The van der Waals surface area contributed by atoms with Crippen LogP contribution < -0.4 is 19.5 Å². The van der Waals surface area contributed by atoms with Crippen LogP contribution >= 0.6 is 11.8 Å². The van der Waals surface area contributed by atoms with Gasteiger partial charge in [0.1, 0.15) is 36.1 Å². The van der Waals surface area contributed by atoms with Gasteiger partial charge in [0.2, 0.25) is 0 Å². The van der Waals surface area contributed by atoms with E-state index in [-0.39, 0.29) is 11.1 Å². The summed E-state index contributed by atoms with van der Waals surface area (Å²) >= 11 is 0.907.